The van der Waals surface area contributed by atoms with Crippen molar-refractivity contribution in [2.75, 3.05) is 13.7 Å². The van der Waals surface area contributed by atoms with Crippen LogP contribution in [0.4, 0.5) is 0 Å². The second-order valence-electron chi connectivity index (χ2n) is 4.62. The van der Waals surface area contributed by atoms with Crippen molar-refractivity contribution in [1.29, 1.82) is 0 Å². The fraction of sp³-hybridized carbons (Fsp3) is 0.538. The minimum Gasteiger partial charge on any atom is -0.481 e. The summed E-state index contributed by atoms with van der Waals surface area (Å²) in [4.78, 5) is 12.0. The Hall–Kier alpha value is -1.62. The number of aromatic amines is 1. The maximum atomic E-state index is 5.08. The van der Waals surface area contributed by atoms with Crippen LogP contribution in [0.1, 0.15) is 26.1 Å². The molecule has 18 heavy (non-hydrogen) atoms. The molecular weight excluding hydrogens is 228 g/mol. The minimum absolute atomic E-state index is 0.534. The van der Waals surface area contributed by atoms with Crippen LogP contribution in [0, 0.1) is 0 Å². The Morgan fingerprint density at radius 3 is 2.89 bits per heavy atom. The number of imidazole rings is 1. The van der Waals surface area contributed by atoms with Crippen LogP contribution in [0.3, 0.4) is 0 Å². The molecule has 0 atom stereocenters. The molecule has 0 aromatic carbocycles. The molecule has 2 aromatic rings. The van der Waals surface area contributed by atoms with Crippen LogP contribution in [-0.2, 0) is 6.42 Å². The van der Waals surface area contributed by atoms with Crippen molar-refractivity contribution >= 4 is 11.2 Å². The van der Waals surface area contributed by atoms with Crippen LogP contribution in [0.25, 0.3) is 11.2 Å². The minimum atomic E-state index is 0.534. The lowest BCUT2D eigenvalue weighted by Gasteiger charge is -2.06. The maximum Gasteiger partial charge on any atom is 0.215 e. The van der Waals surface area contributed by atoms with Crippen molar-refractivity contribution in [1.82, 2.24) is 20.3 Å². The normalized spacial score (nSPS) is 11.3. The van der Waals surface area contributed by atoms with Crippen molar-refractivity contribution in [3.8, 4) is 5.88 Å². The molecular formula is C13H20N4O. The Kier molecular flexibility index (Phi) is 4.15. The first-order chi connectivity index (χ1) is 8.69. The van der Waals surface area contributed by atoms with Crippen molar-refractivity contribution in [2.24, 2.45) is 0 Å². The number of nitrogens with zero attached hydrogens (tertiary/aromatic N) is 2. The molecule has 0 amide bonds. The number of pyridine rings is 1. The lowest BCUT2D eigenvalue weighted by molar-refractivity contribution is 0.399. The van der Waals surface area contributed by atoms with Crippen molar-refractivity contribution < 1.29 is 4.74 Å². The molecule has 5 nitrogen and oxygen atoms in total. The van der Waals surface area contributed by atoms with Gasteiger partial charge < -0.3 is 15.0 Å². The van der Waals surface area contributed by atoms with Crippen molar-refractivity contribution in [3.05, 3.63) is 18.0 Å². The Bertz CT molecular complexity index is 507. The number of ether oxygens (including phenoxy) is 1. The number of hydrogen-bond donors (Lipinski definition) is 2. The van der Waals surface area contributed by atoms with Crippen molar-refractivity contribution in [3.63, 3.8) is 0 Å². The first kappa shape index (κ1) is 12.8. The summed E-state index contributed by atoms with van der Waals surface area (Å²) in [6, 6.07) is 4.32. The number of aryl methyl sites for hydroxylation is 1. The lowest BCUT2D eigenvalue weighted by atomic mass is 10.3. The van der Waals surface area contributed by atoms with Crippen LogP contribution >= 0.6 is 0 Å². The highest BCUT2D eigenvalue weighted by Crippen LogP contribution is 2.14. The highest BCUT2D eigenvalue weighted by molar-refractivity contribution is 5.71. The number of fused-ring (bicyclic) bond motifs is 1. The van der Waals surface area contributed by atoms with Crippen LogP contribution in [0.15, 0.2) is 12.1 Å². The summed E-state index contributed by atoms with van der Waals surface area (Å²) in [5.74, 6) is 1.58. The van der Waals surface area contributed by atoms with Gasteiger partial charge >= 0.3 is 0 Å². The third kappa shape index (κ3) is 3.20. The molecule has 0 bridgehead atoms. The second kappa shape index (κ2) is 5.82. The fourth-order valence-corrected chi connectivity index (χ4v) is 1.80. The molecule has 0 fully saturated rings. The number of hydrogen-bond acceptors (Lipinski definition) is 4. The number of nitrogens with one attached hydrogen (secondary N) is 2. The smallest absolute Gasteiger partial charge is 0.215 e. The van der Waals surface area contributed by atoms with Gasteiger partial charge in [-0.25, -0.2) is 4.98 Å². The third-order valence-corrected chi connectivity index (χ3v) is 2.72. The molecule has 0 aliphatic heterocycles. The quantitative estimate of drug-likeness (QED) is 0.766. The summed E-state index contributed by atoms with van der Waals surface area (Å²) < 4.78 is 5.08. The SMILES string of the molecule is COc1ccc2[nH]c(CCCNC(C)C)nc2n1. The topological polar surface area (TPSA) is 62.8 Å². The number of H-pyrrole nitrogens is 1. The van der Waals surface area contributed by atoms with E-state index in [0.717, 1.165) is 36.4 Å². The van der Waals surface area contributed by atoms with Crippen LogP contribution < -0.4 is 10.1 Å². The molecule has 0 aliphatic carbocycles. The molecule has 2 heterocycles. The first-order valence-corrected chi connectivity index (χ1v) is 6.32. The highest BCUT2D eigenvalue weighted by Gasteiger charge is 2.05. The van der Waals surface area contributed by atoms with Crippen LogP contribution in [0.5, 0.6) is 5.88 Å². The maximum absolute atomic E-state index is 5.08. The van der Waals surface area contributed by atoms with Gasteiger partial charge in [-0.2, -0.15) is 4.98 Å². The predicted octanol–water partition coefficient (Wildman–Crippen LogP) is 1.90. The Balaban J connectivity index is 1.97. The van der Waals surface area contributed by atoms with Gasteiger partial charge in [0.25, 0.3) is 0 Å². The zero-order valence-electron chi connectivity index (χ0n) is 11.2. The number of aromatic nitrogens is 3. The number of methoxy groups -OCH3 is 1. The molecule has 5 heteroatoms. The van der Waals surface area contributed by atoms with Gasteiger partial charge in [-0.1, -0.05) is 13.8 Å². The zero-order chi connectivity index (χ0) is 13.0. The average Bonchev–Trinajstić information content (AvgIpc) is 2.75. The second-order valence-corrected chi connectivity index (χ2v) is 4.62. The Morgan fingerprint density at radius 2 is 2.17 bits per heavy atom. The fourth-order valence-electron chi connectivity index (χ4n) is 1.80. The lowest BCUT2D eigenvalue weighted by Crippen LogP contribution is -2.24. The molecule has 0 unspecified atom stereocenters. The molecule has 2 N–H and O–H groups in total. The van der Waals surface area contributed by atoms with E-state index >= 15 is 0 Å². The summed E-state index contributed by atoms with van der Waals surface area (Å²) in [7, 11) is 1.61. The van der Waals surface area contributed by atoms with Gasteiger partial charge in [0.15, 0.2) is 5.65 Å². The van der Waals surface area contributed by atoms with E-state index in [0.29, 0.717) is 11.9 Å². The van der Waals surface area contributed by atoms with Gasteiger partial charge in [-0.15, -0.1) is 0 Å². The predicted molar refractivity (Wildman–Crippen MR) is 71.9 cm³/mol. The van der Waals surface area contributed by atoms with E-state index in [4.69, 9.17) is 4.74 Å². The third-order valence-electron chi connectivity index (χ3n) is 2.72. The van der Waals surface area contributed by atoms with E-state index in [1.54, 1.807) is 7.11 Å². The average molecular weight is 248 g/mol. The largest absolute Gasteiger partial charge is 0.481 e. The van der Waals surface area contributed by atoms with Crippen LogP contribution in [0.2, 0.25) is 0 Å². The molecule has 0 radical (unpaired) electrons. The van der Waals surface area contributed by atoms with Gasteiger partial charge in [-0.05, 0) is 19.0 Å². The molecule has 2 aromatic heterocycles. The Labute approximate surface area is 107 Å². The summed E-state index contributed by atoms with van der Waals surface area (Å²) >= 11 is 0. The molecule has 0 aliphatic rings. The van der Waals surface area contributed by atoms with Crippen LogP contribution in [-0.4, -0.2) is 34.6 Å². The zero-order valence-corrected chi connectivity index (χ0v) is 11.2. The van der Waals surface area contributed by atoms with Gasteiger partial charge in [0.05, 0.1) is 12.6 Å². The van der Waals surface area contributed by atoms with E-state index in [-0.39, 0.29) is 0 Å². The summed E-state index contributed by atoms with van der Waals surface area (Å²) in [6.45, 7) is 5.31. The van der Waals surface area contributed by atoms with Gasteiger partial charge in [0.1, 0.15) is 5.82 Å². The van der Waals surface area contributed by atoms with E-state index in [9.17, 15) is 0 Å². The molecule has 0 saturated heterocycles. The van der Waals surface area contributed by atoms with Gasteiger partial charge in [0, 0.05) is 18.5 Å². The number of rotatable bonds is 6. The molecule has 98 valence electrons. The molecule has 2 rings (SSSR count). The first-order valence-electron chi connectivity index (χ1n) is 6.32. The Morgan fingerprint density at radius 1 is 1.33 bits per heavy atom. The van der Waals surface area contributed by atoms with E-state index < -0.39 is 0 Å². The standard InChI is InChI=1S/C13H20N4O/c1-9(2)14-8-4-5-11-15-10-6-7-12(18-3)17-13(10)16-11/h6-7,9,14H,4-5,8H2,1-3H3,(H,15,16,17). The van der Waals surface area contributed by atoms with Crippen molar-refractivity contribution in [2.45, 2.75) is 32.7 Å². The van der Waals surface area contributed by atoms with E-state index in [1.165, 1.54) is 0 Å². The molecule has 0 spiro atoms. The monoisotopic (exact) mass is 248 g/mol. The highest BCUT2D eigenvalue weighted by atomic mass is 16.5. The molecule has 0 saturated carbocycles. The van der Waals surface area contributed by atoms with Gasteiger partial charge in [0.2, 0.25) is 5.88 Å². The summed E-state index contributed by atoms with van der Waals surface area (Å²) in [5, 5.41) is 3.39. The summed E-state index contributed by atoms with van der Waals surface area (Å²) in [6.07, 6.45) is 1.99. The van der Waals surface area contributed by atoms with E-state index in [1.807, 2.05) is 12.1 Å². The van der Waals surface area contributed by atoms with Gasteiger partial charge in [-0.3, -0.25) is 0 Å². The summed E-state index contributed by atoms with van der Waals surface area (Å²) in [5.41, 5.74) is 1.68. The van der Waals surface area contributed by atoms with E-state index in [2.05, 4.69) is 34.1 Å².